The molecule has 1 aliphatic heterocycles. The normalized spacial score (nSPS) is 21.9. The highest BCUT2D eigenvalue weighted by Crippen LogP contribution is 2.43. The molecular weight excluding hydrogens is 489 g/mol. The number of aliphatic hydroxyl groups excluding tert-OH is 1. The summed E-state index contributed by atoms with van der Waals surface area (Å²) < 4.78 is 20.7. The highest BCUT2D eigenvalue weighted by Gasteiger charge is 2.51. The van der Waals surface area contributed by atoms with Crippen LogP contribution in [0.15, 0.2) is 42.5 Å². The van der Waals surface area contributed by atoms with E-state index in [-0.39, 0.29) is 6.10 Å². The van der Waals surface area contributed by atoms with Crippen LogP contribution in [0.5, 0.6) is 0 Å². The molecule has 2 saturated carbocycles. The van der Waals surface area contributed by atoms with E-state index in [2.05, 4.69) is 49.7 Å². The monoisotopic (exact) mass is 527 g/mol. The van der Waals surface area contributed by atoms with Crippen LogP contribution in [0.4, 0.5) is 5.69 Å². The summed E-state index contributed by atoms with van der Waals surface area (Å²) in [7, 11) is -0.459. The number of nitriles is 1. The molecule has 3 aromatic rings. The molecule has 1 saturated heterocycles. The van der Waals surface area contributed by atoms with E-state index >= 15 is 0 Å². The molecule has 39 heavy (non-hydrogen) atoms. The van der Waals surface area contributed by atoms with Crippen molar-refractivity contribution >= 4 is 29.2 Å². The van der Waals surface area contributed by atoms with E-state index in [1.807, 2.05) is 43.3 Å². The van der Waals surface area contributed by atoms with Crippen molar-refractivity contribution in [3.05, 3.63) is 48.0 Å². The number of nitrogens with zero attached hydrogens (tertiary/aromatic N) is 2. The van der Waals surface area contributed by atoms with Crippen molar-refractivity contribution in [3.63, 3.8) is 0 Å². The van der Waals surface area contributed by atoms with Crippen molar-refractivity contribution in [2.24, 2.45) is 5.92 Å². The van der Waals surface area contributed by atoms with Gasteiger partial charge in [-0.05, 0) is 102 Å². The topological polar surface area (TPSA) is 88.7 Å². The predicted molar refractivity (Wildman–Crippen MR) is 154 cm³/mol. The SMILES string of the molecule is C[C@@H](OC(O)Nc1ccc(-c2c(C#N)c3ccc(B4OC(C)(C)C(C)(C)O4)cc3n2C2CCC2)cc1)C1CC1. The zero-order valence-corrected chi connectivity index (χ0v) is 23.5. The van der Waals surface area contributed by atoms with Crippen LogP contribution >= 0.6 is 0 Å². The van der Waals surface area contributed by atoms with Gasteiger partial charge in [0.15, 0.2) is 0 Å². The van der Waals surface area contributed by atoms with Crippen LogP contribution in [0.1, 0.15) is 78.3 Å². The summed E-state index contributed by atoms with van der Waals surface area (Å²) in [5.41, 5.74) is 4.52. The minimum Gasteiger partial charge on any atom is -0.399 e. The molecule has 8 heteroatoms. The van der Waals surface area contributed by atoms with Crippen LogP contribution in [-0.4, -0.2) is 40.5 Å². The third kappa shape index (κ3) is 4.76. The number of hydrogen-bond donors (Lipinski definition) is 2. The standard InChI is InChI=1S/C31H38BN3O4/c1-19(20-9-10-20)37-29(36)34-23-14-11-21(12-15-23)28-26(18-33)25-16-13-22(17-27(25)35(28)24-7-6-8-24)32-38-30(2,3)31(4,5)39-32/h11-17,19-20,24,29,34,36H,6-10H2,1-5H3/t19-,29?/m1/s1. The molecule has 0 radical (unpaired) electrons. The number of aliphatic hydroxyl groups is 1. The van der Waals surface area contributed by atoms with Gasteiger partial charge in [0, 0.05) is 22.6 Å². The van der Waals surface area contributed by atoms with Crippen molar-refractivity contribution < 1.29 is 19.2 Å². The summed E-state index contributed by atoms with van der Waals surface area (Å²) in [6, 6.07) is 16.9. The Morgan fingerprint density at radius 3 is 2.28 bits per heavy atom. The van der Waals surface area contributed by atoms with E-state index in [0.717, 1.165) is 59.0 Å². The third-order valence-electron chi connectivity index (χ3n) is 9.18. The molecule has 2 N–H and O–H groups in total. The quantitative estimate of drug-likeness (QED) is 0.288. The van der Waals surface area contributed by atoms with Gasteiger partial charge in [0.1, 0.15) is 6.07 Å². The first-order valence-corrected chi connectivity index (χ1v) is 14.2. The maximum atomic E-state index is 10.3. The van der Waals surface area contributed by atoms with Gasteiger partial charge >= 0.3 is 7.12 Å². The Morgan fingerprint density at radius 1 is 1.05 bits per heavy atom. The zero-order chi connectivity index (χ0) is 27.5. The van der Waals surface area contributed by atoms with Gasteiger partial charge in [0.25, 0.3) is 0 Å². The van der Waals surface area contributed by atoms with Crippen LogP contribution in [0, 0.1) is 17.2 Å². The van der Waals surface area contributed by atoms with Crippen molar-refractivity contribution in [1.82, 2.24) is 4.57 Å². The maximum absolute atomic E-state index is 10.3. The smallest absolute Gasteiger partial charge is 0.399 e. The van der Waals surface area contributed by atoms with Gasteiger partial charge in [0.05, 0.1) is 28.6 Å². The van der Waals surface area contributed by atoms with Crippen LogP contribution in [-0.2, 0) is 14.0 Å². The maximum Gasteiger partial charge on any atom is 0.494 e. The molecule has 0 amide bonds. The fourth-order valence-corrected chi connectivity index (χ4v) is 5.66. The van der Waals surface area contributed by atoms with Crippen LogP contribution in [0.2, 0.25) is 0 Å². The van der Waals surface area contributed by atoms with Crippen molar-refractivity contribution in [3.8, 4) is 17.3 Å². The number of benzene rings is 2. The van der Waals surface area contributed by atoms with E-state index in [4.69, 9.17) is 14.0 Å². The summed E-state index contributed by atoms with van der Waals surface area (Å²) >= 11 is 0. The summed E-state index contributed by atoms with van der Waals surface area (Å²) in [5.74, 6) is 0.548. The minimum absolute atomic E-state index is 0.0326. The van der Waals surface area contributed by atoms with Crippen LogP contribution in [0.25, 0.3) is 22.2 Å². The third-order valence-corrected chi connectivity index (χ3v) is 9.18. The lowest BCUT2D eigenvalue weighted by molar-refractivity contribution is -0.117. The lowest BCUT2D eigenvalue weighted by atomic mass is 9.78. The fourth-order valence-electron chi connectivity index (χ4n) is 5.66. The molecule has 3 fully saturated rings. The molecule has 1 aromatic heterocycles. The number of anilines is 1. The van der Waals surface area contributed by atoms with Crippen LogP contribution in [0.3, 0.4) is 0 Å². The molecule has 3 aliphatic rings. The summed E-state index contributed by atoms with van der Waals surface area (Å²) in [4.78, 5) is 0. The Morgan fingerprint density at radius 2 is 1.72 bits per heavy atom. The lowest BCUT2D eigenvalue weighted by Gasteiger charge is -2.32. The first-order chi connectivity index (χ1) is 18.6. The fraction of sp³-hybridized carbons (Fsp3) is 0.516. The summed E-state index contributed by atoms with van der Waals surface area (Å²) in [6.45, 7) is 10.3. The van der Waals surface area contributed by atoms with Crippen molar-refractivity contribution in [2.75, 3.05) is 5.32 Å². The molecule has 0 spiro atoms. The molecule has 204 valence electrons. The molecule has 2 aromatic carbocycles. The number of rotatable bonds is 8. The highest BCUT2D eigenvalue weighted by molar-refractivity contribution is 6.62. The van der Waals surface area contributed by atoms with E-state index in [0.29, 0.717) is 17.5 Å². The van der Waals surface area contributed by atoms with Crippen LogP contribution < -0.4 is 10.8 Å². The van der Waals surface area contributed by atoms with Gasteiger partial charge < -0.3 is 29.0 Å². The Hall–Kier alpha value is -2.83. The molecule has 2 heterocycles. The molecule has 1 unspecified atom stereocenters. The molecular formula is C31H38BN3O4. The van der Waals surface area contributed by atoms with E-state index in [1.165, 1.54) is 6.42 Å². The minimum atomic E-state index is -1.06. The van der Waals surface area contributed by atoms with Gasteiger partial charge in [-0.2, -0.15) is 5.26 Å². The second-order valence-electron chi connectivity index (χ2n) is 12.4. The van der Waals surface area contributed by atoms with Gasteiger partial charge in [-0.25, -0.2) is 0 Å². The molecule has 2 aliphatic carbocycles. The molecule has 2 atom stereocenters. The largest absolute Gasteiger partial charge is 0.494 e. The Balaban J connectivity index is 1.34. The first kappa shape index (κ1) is 26.4. The highest BCUT2D eigenvalue weighted by atomic mass is 16.7. The number of aromatic nitrogens is 1. The van der Waals surface area contributed by atoms with E-state index in [9.17, 15) is 10.4 Å². The van der Waals surface area contributed by atoms with Crippen molar-refractivity contribution in [2.45, 2.75) is 96.5 Å². The molecule has 0 bridgehead atoms. The van der Waals surface area contributed by atoms with Gasteiger partial charge in [0.2, 0.25) is 6.41 Å². The van der Waals surface area contributed by atoms with Gasteiger partial charge in [-0.15, -0.1) is 0 Å². The average molecular weight is 527 g/mol. The number of nitrogens with one attached hydrogen (secondary N) is 1. The van der Waals surface area contributed by atoms with Gasteiger partial charge in [-0.1, -0.05) is 24.3 Å². The average Bonchev–Trinajstić information content (AvgIpc) is 3.62. The Kier molecular flexibility index (Phi) is 6.55. The van der Waals surface area contributed by atoms with E-state index < -0.39 is 24.7 Å². The summed E-state index contributed by atoms with van der Waals surface area (Å²) in [6.07, 6.45) is 4.66. The Bertz CT molecular complexity index is 1400. The number of fused-ring (bicyclic) bond motifs is 1. The first-order valence-electron chi connectivity index (χ1n) is 14.2. The van der Waals surface area contributed by atoms with Crippen molar-refractivity contribution in [1.29, 1.82) is 5.26 Å². The molecule has 7 nitrogen and oxygen atoms in total. The van der Waals surface area contributed by atoms with E-state index in [1.54, 1.807) is 0 Å². The predicted octanol–water partition coefficient (Wildman–Crippen LogP) is 5.71. The lowest BCUT2D eigenvalue weighted by Crippen LogP contribution is -2.41. The number of ether oxygens (including phenoxy) is 1. The second kappa shape index (κ2) is 9.67. The van der Waals surface area contributed by atoms with Gasteiger partial charge in [-0.3, -0.25) is 0 Å². The number of hydrogen-bond acceptors (Lipinski definition) is 6. The zero-order valence-electron chi connectivity index (χ0n) is 23.5. The second-order valence-corrected chi connectivity index (χ2v) is 12.4. The summed E-state index contributed by atoms with van der Waals surface area (Å²) in [5, 5.41) is 24.6. The Labute approximate surface area is 231 Å². The molecule has 6 rings (SSSR count).